The molecule has 3 rings (SSSR count). The van der Waals surface area contributed by atoms with E-state index in [1.54, 1.807) is 12.3 Å². The number of carbonyl (C=O) groups is 1. The zero-order chi connectivity index (χ0) is 13.4. The summed E-state index contributed by atoms with van der Waals surface area (Å²) < 4.78 is 0.794. The van der Waals surface area contributed by atoms with E-state index < -0.39 is 0 Å². The number of halogens is 1. The van der Waals surface area contributed by atoms with E-state index in [-0.39, 0.29) is 5.91 Å². The standard InChI is InChI=1S/C13H14ClN3OS/c14-8-4-5-16-10-9(15)12(19-11(8)10)13(18)17-6-2-1-3-7-17/h4-5H,1-3,6-7,15H2. The van der Waals surface area contributed by atoms with Gasteiger partial charge in [0.25, 0.3) is 5.91 Å². The molecular weight excluding hydrogens is 282 g/mol. The fourth-order valence-electron chi connectivity index (χ4n) is 2.38. The monoisotopic (exact) mass is 295 g/mol. The number of aromatic nitrogens is 1. The number of thiophene rings is 1. The van der Waals surface area contributed by atoms with Crippen LogP contribution in [0.2, 0.25) is 5.02 Å². The number of pyridine rings is 1. The summed E-state index contributed by atoms with van der Waals surface area (Å²) in [6.07, 6.45) is 4.94. The average Bonchev–Trinajstić information content (AvgIpc) is 2.78. The minimum atomic E-state index is 0.0104. The van der Waals surface area contributed by atoms with E-state index in [2.05, 4.69) is 4.98 Å². The summed E-state index contributed by atoms with van der Waals surface area (Å²) in [6, 6.07) is 1.72. The molecule has 0 bridgehead atoms. The zero-order valence-corrected chi connectivity index (χ0v) is 11.9. The molecule has 0 radical (unpaired) electrons. The van der Waals surface area contributed by atoms with Crippen molar-refractivity contribution in [3.05, 3.63) is 22.2 Å². The smallest absolute Gasteiger partial charge is 0.266 e. The Kier molecular flexibility index (Phi) is 3.33. The maximum absolute atomic E-state index is 12.5. The van der Waals surface area contributed by atoms with Crippen molar-refractivity contribution in [2.24, 2.45) is 0 Å². The molecule has 0 aromatic carbocycles. The fraction of sp³-hybridized carbons (Fsp3) is 0.385. The number of nitrogens with two attached hydrogens (primary N) is 1. The third-order valence-electron chi connectivity index (χ3n) is 3.40. The van der Waals surface area contributed by atoms with Crippen LogP contribution in [0.1, 0.15) is 28.9 Å². The van der Waals surface area contributed by atoms with Crippen molar-refractivity contribution in [1.29, 1.82) is 0 Å². The van der Waals surface area contributed by atoms with Gasteiger partial charge in [0.1, 0.15) is 10.4 Å². The van der Waals surface area contributed by atoms with Crippen LogP contribution in [0.25, 0.3) is 10.2 Å². The van der Waals surface area contributed by atoms with E-state index in [0.29, 0.717) is 21.1 Å². The van der Waals surface area contributed by atoms with E-state index in [9.17, 15) is 4.79 Å². The van der Waals surface area contributed by atoms with Gasteiger partial charge < -0.3 is 10.6 Å². The van der Waals surface area contributed by atoms with E-state index in [4.69, 9.17) is 17.3 Å². The summed E-state index contributed by atoms with van der Waals surface area (Å²) in [6.45, 7) is 1.63. The van der Waals surface area contributed by atoms with Crippen LogP contribution in [0.3, 0.4) is 0 Å². The molecule has 2 aromatic heterocycles. The maximum atomic E-state index is 12.5. The Morgan fingerprint density at radius 1 is 1.37 bits per heavy atom. The number of amides is 1. The quantitative estimate of drug-likeness (QED) is 0.879. The van der Waals surface area contributed by atoms with Gasteiger partial charge in [-0.1, -0.05) is 11.6 Å². The SMILES string of the molecule is Nc1c(C(=O)N2CCCCC2)sc2c(Cl)ccnc12. The second-order valence-electron chi connectivity index (χ2n) is 4.67. The highest BCUT2D eigenvalue weighted by atomic mass is 35.5. The Labute approximate surface area is 120 Å². The zero-order valence-electron chi connectivity index (χ0n) is 10.4. The number of fused-ring (bicyclic) bond motifs is 1. The molecule has 0 atom stereocenters. The van der Waals surface area contributed by atoms with Crippen molar-refractivity contribution in [3.8, 4) is 0 Å². The van der Waals surface area contributed by atoms with Crippen LogP contribution in [0, 0.1) is 0 Å². The summed E-state index contributed by atoms with van der Waals surface area (Å²) in [5.74, 6) is 0.0104. The van der Waals surface area contributed by atoms with E-state index in [1.165, 1.54) is 17.8 Å². The van der Waals surface area contributed by atoms with Crippen molar-refractivity contribution in [1.82, 2.24) is 9.88 Å². The lowest BCUT2D eigenvalue weighted by atomic mass is 10.1. The van der Waals surface area contributed by atoms with Crippen molar-refractivity contribution in [2.75, 3.05) is 18.8 Å². The second-order valence-corrected chi connectivity index (χ2v) is 6.10. The average molecular weight is 296 g/mol. The first-order chi connectivity index (χ1) is 9.18. The summed E-state index contributed by atoms with van der Waals surface area (Å²) in [5.41, 5.74) is 7.15. The van der Waals surface area contributed by atoms with Crippen LogP contribution in [0.4, 0.5) is 5.69 Å². The first kappa shape index (κ1) is 12.7. The lowest BCUT2D eigenvalue weighted by Gasteiger charge is -2.26. The molecule has 0 spiro atoms. The summed E-state index contributed by atoms with van der Waals surface area (Å²) in [4.78, 5) is 19.1. The highest BCUT2D eigenvalue weighted by Gasteiger charge is 2.24. The second kappa shape index (κ2) is 4.98. The Morgan fingerprint density at radius 2 is 2.11 bits per heavy atom. The van der Waals surface area contributed by atoms with E-state index in [0.717, 1.165) is 30.6 Å². The first-order valence-corrected chi connectivity index (χ1v) is 7.49. The molecule has 1 amide bonds. The molecule has 2 aromatic rings. The number of nitrogen functional groups attached to an aromatic ring is 1. The van der Waals surface area contributed by atoms with E-state index in [1.807, 2.05) is 4.90 Å². The predicted octanol–water partition coefficient (Wildman–Crippen LogP) is 3.16. The Bertz CT molecular complexity index is 634. The van der Waals surface area contributed by atoms with Gasteiger partial charge in [-0.05, 0) is 25.3 Å². The third-order valence-corrected chi connectivity index (χ3v) is 5.04. The lowest BCUT2D eigenvalue weighted by molar-refractivity contribution is 0.0730. The van der Waals surface area contributed by atoms with Crippen LogP contribution in [-0.4, -0.2) is 28.9 Å². The Morgan fingerprint density at radius 3 is 2.79 bits per heavy atom. The van der Waals surface area contributed by atoms with Gasteiger partial charge in [0.2, 0.25) is 0 Å². The summed E-state index contributed by atoms with van der Waals surface area (Å²) >= 11 is 7.46. The van der Waals surface area contributed by atoms with Gasteiger partial charge in [-0.2, -0.15) is 0 Å². The van der Waals surface area contributed by atoms with Crippen LogP contribution in [0.5, 0.6) is 0 Å². The molecule has 1 fully saturated rings. The molecule has 6 heteroatoms. The largest absolute Gasteiger partial charge is 0.396 e. The molecule has 3 heterocycles. The van der Waals surface area contributed by atoms with Crippen LogP contribution in [0.15, 0.2) is 12.3 Å². The van der Waals surface area contributed by atoms with Crippen LogP contribution < -0.4 is 5.73 Å². The maximum Gasteiger partial charge on any atom is 0.266 e. The van der Waals surface area contributed by atoms with Crippen molar-refractivity contribution >= 4 is 44.7 Å². The highest BCUT2D eigenvalue weighted by Crippen LogP contribution is 2.37. The van der Waals surface area contributed by atoms with Crippen molar-refractivity contribution < 1.29 is 4.79 Å². The fourth-order valence-corrected chi connectivity index (χ4v) is 3.69. The first-order valence-electron chi connectivity index (χ1n) is 6.30. The van der Waals surface area contributed by atoms with Gasteiger partial charge in [-0.15, -0.1) is 11.3 Å². The van der Waals surface area contributed by atoms with Crippen molar-refractivity contribution in [3.63, 3.8) is 0 Å². The number of anilines is 1. The van der Waals surface area contributed by atoms with Gasteiger partial charge in [-0.3, -0.25) is 9.78 Å². The third kappa shape index (κ3) is 2.17. The molecule has 1 saturated heterocycles. The molecule has 0 saturated carbocycles. The normalized spacial score (nSPS) is 15.9. The minimum absolute atomic E-state index is 0.0104. The molecule has 1 aliphatic heterocycles. The van der Waals surface area contributed by atoms with Gasteiger partial charge in [0, 0.05) is 19.3 Å². The summed E-state index contributed by atoms with van der Waals surface area (Å²) in [5, 5.41) is 0.597. The van der Waals surface area contributed by atoms with Gasteiger partial charge in [0.05, 0.1) is 15.4 Å². The number of nitrogens with zero attached hydrogens (tertiary/aromatic N) is 2. The number of rotatable bonds is 1. The number of likely N-dealkylation sites (tertiary alicyclic amines) is 1. The number of carbonyl (C=O) groups excluding carboxylic acids is 1. The predicted molar refractivity (Wildman–Crippen MR) is 78.8 cm³/mol. The Balaban J connectivity index is 2.02. The van der Waals surface area contributed by atoms with Crippen LogP contribution in [-0.2, 0) is 0 Å². The molecule has 4 nitrogen and oxygen atoms in total. The van der Waals surface area contributed by atoms with Gasteiger partial charge >= 0.3 is 0 Å². The van der Waals surface area contributed by atoms with Gasteiger partial charge in [0.15, 0.2) is 0 Å². The highest BCUT2D eigenvalue weighted by molar-refractivity contribution is 7.22. The molecular formula is C13H14ClN3OS. The molecule has 0 aliphatic carbocycles. The number of hydrogen-bond acceptors (Lipinski definition) is 4. The molecule has 1 aliphatic rings. The topological polar surface area (TPSA) is 59.2 Å². The van der Waals surface area contributed by atoms with Crippen LogP contribution >= 0.6 is 22.9 Å². The Hall–Kier alpha value is -1.33. The lowest BCUT2D eigenvalue weighted by Crippen LogP contribution is -2.35. The van der Waals surface area contributed by atoms with Gasteiger partial charge in [-0.25, -0.2) is 0 Å². The van der Waals surface area contributed by atoms with E-state index >= 15 is 0 Å². The minimum Gasteiger partial charge on any atom is -0.396 e. The number of piperidine rings is 1. The molecule has 0 unspecified atom stereocenters. The number of hydrogen-bond donors (Lipinski definition) is 1. The molecule has 19 heavy (non-hydrogen) atoms. The molecule has 2 N–H and O–H groups in total. The van der Waals surface area contributed by atoms with Crippen molar-refractivity contribution in [2.45, 2.75) is 19.3 Å². The molecule has 100 valence electrons. The summed E-state index contributed by atoms with van der Waals surface area (Å²) in [7, 11) is 0.